The molecule has 0 bridgehead atoms. The van der Waals surface area contributed by atoms with Crippen LogP contribution in [0.15, 0.2) is 41.7 Å². The molecule has 1 saturated carbocycles. The predicted molar refractivity (Wildman–Crippen MR) is 123 cm³/mol. The molecule has 5 N–H and O–H groups in total. The number of aromatic amines is 1. The minimum absolute atomic E-state index is 0.0315. The molecule has 2 aromatic heterocycles. The van der Waals surface area contributed by atoms with Crippen molar-refractivity contribution >= 4 is 17.5 Å². The van der Waals surface area contributed by atoms with Crippen LogP contribution in [0.25, 0.3) is 11.3 Å². The molecule has 11 heteroatoms. The average molecular weight is 474 g/mol. The van der Waals surface area contributed by atoms with Crippen molar-refractivity contribution < 1.29 is 17.9 Å². The van der Waals surface area contributed by atoms with Gasteiger partial charge >= 0.3 is 6.18 Å². The Morgan fingerprint density at radius 3 is 2.65 bits per heavy atom. The smallest absolute Gasteiger partial charge is 0.418 e. The van der Waals surface area contributed by atoms with E-state index in [1.807, 2.05) is 31.3 Å². The Hall–Kier alpha value is -3.47. The molecule has 1 unspecified atom stereocenters. The van der Waals surface area contributed by atoms with Gasteiger partial charge < -0.3 is 26.1 Å². The highest BCUT2D eigenvalue weighted by Crippen LogP contribution is 2.49. The monoisotopic (exact) mass is 473 g/mol. The van der Waals surface area contributed by atoms with Gasteiger partial charge in [-0.3, -0.25) is 4.68 Å². The van der Waals surface area contributed by atoms with Crippen LogP contribution in [0.4, 0.5) is 24.7 Å². The van der Waals surface area contributed by atoms with Crippen molar-refractivity contribution in [1.82, 2.24) is 14.8 Å². The SMILES string of the molecule is COc1cc(-c2ccnn2C)ccc1NC1=NC(N)(C2CCCC2)c2c(C(F)(F)F)c[nH]c2N1. The van der Waals surface area contributed by atoms with Gasteiger partial charge in [-0.25, -0.2) is 4.99 Å². The predicted octanol–water partition coefficient (Wildman–Crippen LogP) is 4.64. The topological polar surface area (TPSA) is 105 Å². The van der Waals surface area contributed by atoms with Crippen molar-refractivity contribution in [2.75, 3.05) is 17.7 Å². The van der Waals surface area contributed by atoms with E-state index in [0.29, 0.717) is 11.4 Å². The fourth-order valence-electron chi connectivity index (χ4n) is 5.01. The fourth-order valence-corrected chi connectivity index (χ4v) is 5.01. The Morgan fingerprint density at radius 1 is 1.24 bits per heavy atom. The number of aromatic nitrogens is 3. The van der Waals surface area contributed by atoms with E-state index in [-0.39, 0.29) is 23.3 Å². The van der Waals surface area contributed by atoms with E-state index in [0.717, 1.165) is 43.1 Å². The van der Waals surface area contributed by atoms with Crippen LogP contribution in [0.3, 0.4) is 0 Å². The summed E-state index contributed by atoms with van der Waals surface area (Å²) in [5.74, 6) is 0.796. The summed E-state index contributed by atoms with van der Waals surface area (Å²) in [6.45, 7) is 0. The fraction of sp³-hybridized carbons (Fsp3) is 0.391. The second kappa shape index (κ2) is 8.08. The molecule has 1 aromatic carbocycles. The average Bonchev–Trinajstić information content (AvgIpc) is 3.54. The van der Waals surface area contributed by atoms with E-state index in [9.17, 15) is 13.2 Å². The third kappa shape index (κ3) is 3.69. The number of ether oxygens (including phenoxy) is 1. The number of hydrogen-bond donors (Lipinski definition) is 4. The van der Waals surface area contributed by atoms with Crippen LogP contribution in [0.5, 0.6) is 5.75 Å². The number of rotatable bonds is 4. The van der Waals surface area contributed by atoms with Gasteiger partial charge in [-0.1, -0.05) is 18.9 Å². The Labute approximate surface area is 194 Å². The molecule has 0 radical (unpaired) electrons. The molecule has 3 heterocycles. The lowest BCUT2D eigenvalue weighted by atomic mass is 9.83. The number of anilines is 2. The first-order valence-electron chi connectivity index (χ1n) is 11.1. The van der Waals surface area contributed by atoms with E-state index in [1.165, 1.54) is 0 Å². The third-order valence-corrected chi connectivity index (χ3v) is 6.68. The Bertz CT molecular complexity index is 1240. The lowest BCUT2D eigenvalue weighted by Gasteiger charge is -2.37. The van der Waals surface area contributed by atoms with E-state index in [4.69, 9.17) is 10.5 Å². The van der Waals surface area contributed by atoms with Gasteiger partial charge in [0.1, 0.15) is 17.2 Å². The van der Waals surface area contributed by atoms with Crippen LogP contribution in [0.1, 0.15) is 36.8 Å². The van der Waals surface area contributed by atoms with Crippen molar-refractivity contribution in [3.63, 3.8) is 0 Å². The zero-order chi connectivity index (χ0) is 24.1. The van der Waals surface area contributed by atoms with Gasteiger partial charge in [0, 0.05) is 36.5 Å². The molecule has 8 nitrogen and oxygen atoms in total. The number of aryl methyl sites for hydroxylation is 1. The van der Waals surface area contributed by atoms with Crippen LogP contribution in [0, 0.1) is 5.92 Å². The molecule has 1 aliphatic carbocycles. The maximum atomic E-state index is 13.8. The van der Waals surface area contributed by atoms with Crippen LogP contribution in [-0.4, -0.2) is 27.8 Å². The number of fused-ring (bicyclic) bond motifs is 1. The van der Waals surface area contributed by atoms with E-state index in [2.05, 4.69) is 25.7 Å². The van der Waals surface area contributed by atoms with Gasteiger partial charge in [0.25, 0.3) is 0 Å². The first-order valence-corrected chi connectivity index (χ1v) is 11.1. The maximum Gasteiger partial charge on any atom is 0.418 e. The normalized spacial score (nSPS) is 20.6. The lowest BCUT2D eigenvalue weighted by molar-refractivity contribution is -0.138. The summed E-state index contributed by atoms with van der Waals surface area (Å²) in [5, 5.41) is 10.3. The standard InChI is InChI=1S/C23H26F3N7O/c1-33-17(9-10-29-33)13-7-8-16(18(11-13)34-2)30-21-31-20-19(15(12-28-20)23(24,25)26)22(27,32-21)14-5-3-4-6-14/h7-12,14,28H,3-6,27H2,1-2H3,(H2,30,31,32). The summed E-state index contributed by atoms with van der Waals surface area (Å²) in [6, 6.07) is 7.48. The largest absolute Gasteiger partial charge is 0.495 e. The quantitative estimate of drug-likeness (QED) is 0.442. The second-order valence-electron chi connectivity index (χ2n) is 8.72. The highest BCUT2D eigenvalue weighted by molar-refractivity contribution is 6.06. The maximum absolute atomic E-state index is 13.8. The number of nitrogens with zero attached hydrogens (tertiary/aromatic N) is 3. The Balaban J connectivity index is 1.52. The summed E-state index contributed by atoms with van der Waals surface area (Å²) >= 11 is 0. The molecule has 2 aliphatic rings. The molecule has 1 atom stereocenters. The Morgan fingerprint density at radius 2 is 2.00 bits per heavy atom. The highest BCUT2D eigenvalue weighted by Gasteiger charge is 2.49. The molecule has 1 aliphatic heterocycles. The first-order chi connectivity index (χ1) is 16.2. The summed E-state index contributed by atoms with van der Waals surface area (Å²) in [6.07, 6.45) is 1.40. The number of methoxy groups -OCH3 is 1. The molecule has 3 aromatic rings. The number of benzene rings is 1. The van der Waals surface area contributed by atoms with Crippen molar-refractivity contribution in [2.45, 2.75) is 37.5 Å². The van der Waals surface area contributed by atoms with Gasteiger partial charge in [-0.15, -0.1) is 0 Å². The summed E-state index contributed by atoms with van der Waals surface area (Å²) in [5.41, 5.74) is 6.80. The van der Waals surface area contributed by atoms with Crippen molar-refractivity contribution in [3.05, 3.63) is 47.8 Å². The van der Waals surface area contributed by atoms with E-state index in [1.54, 1.807) is 18.0 Å². The molecule has 0 spiro atoms. The van der Waals surface area contributed by atoms with E-state index < -0.39 is 17.4 Å². The molecule has 5 rings (SSSR count). The molecule has 1 fully saturated rings. The highest BCUT2D eigenvalue weighted by atomic mass is 19.4. The minimum atomic E-state index is -4.54. The minimum Gasteiger partial charge on any atom is -0.495 e. The van der Waals surface area contributed by atoms with Gasteiger partial charge in [0.2, 0.25) is 5.96 Å². The zero-order valence-electron chi connectivity index (χ0n) is 18.8. The van der Waals surface area contributed by atoms with Gasteiger partial charge in [-0.05, 0) is 31.0 Å². The number of guanidine groups is 1. The first kappa shape index (κ1) is 22.3. The zero-order valence-corrected chi connectivity index (χ0v) is 18.8. The number of hydrogen-bond acceptors (Lipinski definition) is 6. The molecule has 180 valence electrons. The van der Waals surface area contributed by atoms with Crippen molar-refractivity contribution in [1.29, 1.82) is 0 Å². The number of alkyl halides is 3. The van der Waals surface area contributed by atoms with Gasteiger partial charge in [0.15, 0.2) is 0 Å². The van der Waals surface area contributed by atoms with Crippen LogP contribution in [-0.2, 0) is 18.9 Å². The Kier molecular flexibility index (Phi) is 5.31. The van der Waals surface area contributed by atoms with Crippen LogP contribution >= 0.6 is 0 Å². The number of H-pyrrole nitrogens is 1. The van der Waals surface area contributed by atoms with Crippen molar-refractivity contribution in [3.8, 4) is 17.0 Å². The molecule has 0 saturated heterocycles. The summed E-state index contributed by atoms with van der Waals surface area (Å²) in [4.78, 5) is 7.34. The summed E-state index contributed by atoms with van der Waals surface area (Å²) < 4.78 is 48.7. The lowest BCUT2D eigenvalue weighted by Crippen LogP contribution is -2.48. The van der Waals surface area contributed by atoms with E-state index >= 15 is 0 Å². The molecular formula is C23H26F3N7O. The molecule has 34 heavy (non-hydrogen) atoms. The van der Waals surface area contributed by atoms with Gasteiger partial charge in [0.05, 0.1) is 24.1 Å². The third-order valence-electron chi connectivity index (χ3n) is 6.68. The van der Waals surface area contributed by atoms with Crippen molar-refractivity contribution in [2.24, 2.45) is 23.7 Å². The molecule has 0 amide bonds. The number of aliphatic imine (C=N–C) groups is 1. The second-order valence-corrected chi connectivity index (χ2v) is 8.72. The van der Waals surface area contributed by atoms with Gasteiger partial charge in [-0.2, -0.15) is 18.3 Å². The number of nitrogens with one attached hydrogen (secondary N) is 3. The molecular weight excluding hydrogens is 447 g/mol. The van der Waals surface area contributed by atoms with Crippen LogP contribution in [0.2, 0.25) is 0 Å². The number of halogens is 3. The summed E-state index contributed by atoms with van der Waals surface area (Å²) in [7, 11) is 3.40. The van der Waals surface area contributed by atoms with Crippen LogP contribution < -0.4 is 21.1 Å². The number of nitrogens with two attached hydrogens (primary N) is 1.